The van der Waals surface area contributed by atoms with Gasteiger partial charge in [0, 0.05) is 0 Å². The zero-order chi connectivity index (χ0) is 8.27. The summed E-state index contributed by atoms with van der Waals surface area (Å²) in [6.45, 7) is 5.36. The number of rotatable bonds is 3. The molecule has 0 saturated heterocycles. The van der Waals surface area contributed by atoms with Crippen molar-refractivity contribution in [3.8, 4) is 0 Å². The normalized spacial score (nSPS) is 11.6. The van der Waals surface area contributed by atoms with Crippen molar-refractivity contribution in [3.63, 3.8) is 0 Å². The predicted octanol–water partition coefficient (Wildman–Crippen LogP) is 0.770. The van der Waals surface area contributed by atoms with Crippen molar-refractivity contribution in [3.05, 3.63) is 24.2 Å². The van der Waals surface area contributed by atoms with Crippen LogP contribution in [0.5, 0.6) is 0 Å². The van der Waals surface area contributed by atoms with Gasteiger partial charge < -0.3 is 8.98 Å². The van der Waals surface area contributed by atoms with Gasteiger partial charge in [-0.15, -0.1) is 0 Å². The van der Waals surface area contributed by atoms with Gasteiger partial charge in [-0.2, -0.15) is 0 Å². The minimum atomic E-state index is 0.631. The fourth-order valence-corrected chi connectivity index (χ4v) is 1.14. The minimum absolute atomic E-state index is 0.631. The first-order chi connectivity index (χ1) is 5.20. The molecule has 62 valence electrons. The second-order valence-electron chi connectivity index (χ2n) is 3.09. The van der Waals surface area contributed by atoms with E-state index in [9.17, 15) is 0 Å². The van der Waals surface area contributed by atoms with Gasteiger partial charge in [0.05, 0.1) is 23.2 Å². The number of hydrogen-bond acceptors (Lipinski definition) is 2. The summed E-state index contributed by atoms with van der Waals surface area (Å²) in [6.07, 6.45) is 1.73. The number of hydrogen-bond donors (Lipinski definition) is 0. The van der Waals surface area contributed by atoms with E-state index < -0.39 is 0 Å². The third-order valence-electron chi connectivity index (χ3n) is 1.87. The molecule has 0 fully saturated rings. The first kappa shape index (κ1) is 8.55. The van der Waals surface area contributed by atoms with Crippen molar-refractivity contribution in [2.75, 3.05) is 0 Å². The van der Waals surface area contributed by atoms with Crippen molar-refractivity contribution in [1.82, 2.24) is 4.57 Å². The van der Waals surface area contributed by atoms with E-state index in [1.807, 2.05) is 12.1 Å². The molecule has 0 saturated carbocycles. The van der Waals surface area contributed by atoms with Gasteiger partial charge in [0.15, 0.2) is 0 Å². The van der Waals surface area contributed by atoms with Crippen LogP contribution < -0.4 is 0 Å². The molecule has 0 N–H and O–H groups in total. The lowest BCUT2D eigenvalue weighted by Gasteiger charge is -2.19. The molecule has 3 heteroatoms. The summed E-state index contributed by atoms with van der Waals surface area (Å²) in [4.78, 5) is 0. The highest BCUT2D eigenvalue weighted by molar-refractivity contribution is 6.04. The third-order valence-corrected chi connectivity index (χ3v) is 3.22. The van der Waals surface area contributed by atoms with Crippen LogP contribution in [0.15, 0.2) is 22.8 Å². The Labute approximate surface area is 70.7 Å². The summed E-state index contributed by atoms with van der Waals surface area (Å²) in [7, 11) is 1.09. The van der Waals surface area contributed by atoms with Crippen molar-refractivity contribution in [2.45, 2.75) is 26.4 Å². The molecule has 1 aromatic rings. The molecule has 2 nitrogen and oxygen atoms in total. The molecule has 0 unspecified atom stereocenters. The van der Waals surface area contributed by atoms with Crippen LogP contribution in [0.25, 0.3) is 0 Å². The smallest absolute Gasteiger partial charge is 0.117 e. The first-order valence-corrected chi connectivity index (χ1v) is 4.82. The van der Waals surface area contributed by atoms with Gasteiger partial charge in [-0.05, 0) is 18.2 Å². The molecule has 0 aliphatic rings. The van der Waals surface area contributed by atoms with E-state index in [0.29, 0.717) is 6.04 Å². The molecular formula is C8H15NOSi. The molecule has 0 spiro atoms. The Morgan fingerprint density at radius 3 is 2.82 bits per heavy atom. The molecule has 1 heterocycles. The maximum Gasteiger partial charge on any atom is 0.117 e. The molecule has 0 aliphatic carbocycles. The lowest BCUT2D eigenvalue weighted by Crippen LogP contribution is -2.26. The number of furan rings is 1. The zero-order valence-electron chi connectivity index (χ0n) is 7.37. The van der Waals surface area contributed by atoms with Gasteiger partial charge in [0.2, 0.25) is 0 Å². The summed E-state index contributed by atoms with van der Waals surface area (Å²) < 4.78 is 7.61. The fourth-order valence-electron chi connectivity index (χ4n) is 0.831. The van der Waals surface area contributed by atoms with E-state index in [4.69, 9.17) is 4.42 Å². The largest absolute Gasteiger partial charge is 0.468 e. The second kappa shape index (κ2) is 3.73. The Bertz CT molecular complexity index is 196. The molecule has 0 atom stereocenters. The van der Waals surface area contributed by atoms with E-state index in [-0.39, 0.29) is 0 Å². The number of nitrogens with zero attached hydrogens (tertiary/aromatic N) is 1. The van der Waals surface area contributed by atoms with E-state index in [1.54, 1.807) is 6.26 Å². The van der Waals surface area contributed by atoms with E-state index in [2.05, 4.69) is 18.4 Å². The van der Waals surface area contributed by atoms with Crippen LogP contribution in [0.2, 0.25) is 0 Å². The van der Waals surface area contributed by atoms with Crippen LogP contribution in [-0.4, -0.2) is 21.0 Å². The van der Waals surface area contributed by atoms with Crippen LogP contribution >= 0.6 is 0 Å². The molecular weight excluding hydrogens is 154 g/mol. The Balaban J connectivity index is 2.43. The van der Waals surface area contributed by atoms with Crippen LogP contribution in [0.3, 0.4) is 0 Å². The Kier molecular flexibility index (Phi) is 2.90. The average Bonchev–Trinajstić information content (AvgIpc) is 2.39. The van der Waals surface area contributed by atoms with Gasteiger partial charge in [0.25, 0.3) is 0 Å². The average molecular weight is 169 g/mol. The molecule has 0 aliphatic heterocycles. The molecule has 11 heavy (non-hydrogen) atoms. The Morgan fingerprint density at radius 1 is 1.64 bits per heavy atom. The van der Waals surface area contributed by atoms with Crippen molar-refractivity contribution in [2.24, 2.45) is 0 Å². The maximum absolute atomic E-state index is 5.23. The lowest BCUT2D eigenvalue weighted by atomic mass is 10.3. The van der Waals surface area contributed by atoms with E-state index in [0.717, 1.165) is 22.7 Å². The van der Waals surface area contributed by atoms with E-state index >= 15 is 0 Å². The maximum atomic E-state index is 5.23. The standard InChI is InChI=1S/C8H15NOSi/c1-7(2)9(11)6-8-4-3-5-10-8/h3-5,7H,6H2,1-2,11H3. The van der Waals surface area contributed by atoms with Gasteiger partial charge in [0.1, 0.15) is 5.76 Å². The molecule has 0 bridgehead atoms. The summed E-state index contributed by atoms with van der Waals surface area (Å²) in [5.74, 6) is 1.06. The molecule has 0 radical (unpaired) electrons. The topological polar surface area (TPSA) is 16.4 Å². The molecule has 0 amide bonds. The fraction of sp³-hybridized carbons (Fsp3) is 0.500. The van der Waals surface area contributed by atoms with Crippen molar-refractivity contribution >= 4 is 10.4 Å². The van der Waals surface area contributed by atoms with Gasteiger partial charge in [-0.1, -0.05) is 13.8 Å². The summed E-state index contributed by atoms with van der Waals surface area (Å²) in [5, 5.41) is 0. The summed E-state index contributed by atoms with van der Waals surface area (Å²) >= 11 is 0. The van der Waals surface area contributed by atoms with Crippen LogP contribution in [0.1, 0.15) is 19.6 Å². The van der Waals surface area contributed by atoms with Gasteiger partial charge in [-0.3, -0.25) is 0 Å². The summed E-state index contributed by atoms with van der Waals surface area (Å²) in [5.41, 5.74) is 0. The SMILES string of the molecule is CC(C)N([SiH3])Cc1ccco1. The zero-order valence-corrected chi connectivity index (χ0v) is 9.37. The van der Waals surface area contributed by atoms with Gasteiger partial charge in [-0.25, -0.2) is 0 Å². The van der Waals surface area contributed by atoms with Crippen molar-refractivity contribution in [1.29, 1.82) is 0 Å². The van der Waals surface area contributed by atoms with Crippen LogP contribution in [0, 0.1) is 0 Å². The minimum Gasteiger partial charge on any atom is -0.468 e. The van der Waals surface area contributed by atoms with Gasteiger partial charge >= 0.3 is 0 Å². The summed E-state index contributed by atoms with van der Waals surface area (Å²) in [6, 6.07) is 4.59. The van der Waals surface area contributed by atoms with Crippen LogP contribution in [0.4, 0.5) is 0 Å². The monoisotopic (exact) mass is 169 g/mol. The van der Waals surface area contributed by atoms with Crippen LogP contribution in [-0.2, 0) is 6.54 Å². The van der Waals surface area contributed by atoms with E-state index in [1.165, 1.54) is 0 Å². The lowest BCUT2D eigenvalue weighted by molar-refractivity contribution is 0.335. The second-order valence-corrected chi connectivity index (χ2v) is 4.24. The highest BCUT2D eigenvalue weighted by atomic mass is 28.2. The molecule has 1 aromatic heterocycles. The molecule has 0 aromatic carbocycles. The first-order valence-electron chi connectivity index (χ1n) is 3.93. The highest BCUT2D eigenvalue weighted by Crippen LogP contribution is 2.05. The molecule has 1 rings (SSSR count). The third kappa shape index (κ3) is 2.52. The Morgan fingerprint density at radius 2 is 2.36 bits per heavy atom. The Hall–Kier alpha value is -0.543. The van der Waals surface area contributed by atoms with Crippen molar-refractivity contribution < 1.29 is 4.42 Å². The highest BCUT2D eigenvalue weighted by Gasteiger charge is 2.04. The predicted molar refractivity (Wildman–Crippen MR) is 49.3 cm³/mol. The quantitative estimate of drug-likeness (QED) is 0.621.